The van der Waals surface area contributed by atoms with Gasteiger partial charge < -0.3 is 29.3 Å². The van der Waals surface area contributed by atoms with Gasteiger partial charge in [0.25, 0.3) is 11.7 Å². The van der Waals surface area contributed by atoms with E-state index in [0.29, 0.717) is 24.3 Å². The lowest BCUT2D eigenvalue weighted by molar-refractivity contribution is -0.140. The number of likely N-dealkylation sites (tertiary alicyclic amines) is 1. The molecule has 2 N–H and O–H groups in total. The van der Waals surface area contributed by atoms with Crippen molar-refractivity contribution in [2.75, 3.05) is 34.5 Å². The Morgan fingerprint density at radius 3 is 2.47 bits per heavy atom. The number of amides is 1. The highest BCUT2D eigenvalue weighted by Gasteiger charge is 2.46. The molecule has 9 heteroatoms. The van der Waals surface area contributed by atoms with Crippen LogP contribution in [0.25, 0.3) is 5.76 Å². The van der Waals surface area contributed by atoms with Gasteiger partial charge in [-0.15, -0.1) is 0 Å². The zero-order valence-electron chi connectivity index (χ0n) is 17.9. The molecule has 0 spiro atoms. The molecular weight excluding hydrogens is 438 g/mol. The normalized spacial score (nSPS) is 17.6. The lowest BCUT2D eigenvalue weighted by Crippen LogP contribution is -2.31. The lowest BCUT2D eigenvalue weighted by Gasteiger charge is -2.25. The Kier molecular flexibility index (Phi) is 7.27. The van der Waals surface area contributed by atoms with E-state index in [0.717, 1.165) is 0 Å². The molecule has 2 aromatic carbocycles. The first-order valence-electron chi connectivity index (χ1n) is 9.82. The van der Waals surface area contributed by atoms with Crippen molar-refractivity contribution >= 4 is 29.1 Å². The Morgan fingerprint density at radius 2 is 1.84 bits per heavy atom. The third-order valence-corrected chi connectivity index (χ3v) is 5.56. The Labute approximate surface area is 190 Å². The summed E-state index contributed by atoms with van der Waals surface area (Å²) in [5.74, 6) is -1.54. The van der Waals surface area contributed by atoms with Crippen molar-refractivity contribution in [2.24, 2.45) is 0 Å². The molecule has 1 aliphatic heterocycles. The summed E-state index contributed by atoms with van der Waals surface area (Å²) in [7, 11) is 4.41. The van der Waals surface area contributed by atoms with Crippen LogP contribution in [0.15, 0.2) is 42.0 Å². The Bertz CT molecular complexity index is 1070. The van der Waals surface area contributed by atoms with E-state index in [9.17, 15) is 19.8 Å². The minimum absolute atomic E-state index is 0.132. The quantitative estimate of drug-likeness (QED) is 0.268. The number of carbonyl (C=O) groups is 2. The molecule has 1 heterocycles. The molecule has 1 aliphatic rings. The summed E-state index contributed by atoms with van der Waals surface area (Å²) in [6, 6.07) is 8.24. The van der Waals surface area contributed by atoms with Crippen molar-refractivity contribution in [3.63, 3.8) is 0 Å². The average Bonchev–Trinajstić information content (AvgIpc) is 3.04. The van der Waals surface area contributed by atoms with E-state index in [1.165, 1.54) is 50.5 Å². The number of phenols is 1. The van der Waals surface area contributed by atoms with Gasteiger partial charge >= 0.3 is 0 Å². The van der Waals surface area contributed by atoms with Gasteiger partial charge in [-0.25, -0.2) is 0 Å². The Morgan fingerprint density at radius 1 is 1.09 bits per heavy atom. The summed E-state index contributed by atoms with van der Waals surface area (Å²) in [6.45, 7) is 0.587. The van der Waals surface area contributed by atoms with Gasteiger partial charge in [-0.3, -0.25) is 9.59 Å². The molecule has 0 aliphatic carbocycles. The number of carbonyl (C=O) groups excluding carboxylic acids is 2. The molecule has 2 aromatic rings. The number of ether oxygens (including phenoxy) is 3. The van der Waals surface area contributed by atoms with Gasteiger partial charge in [0.15, 0.2) is 11.5 Å². The summed E-state index contributed by atoms with van der Waals surface area (Å²) in [5, 5.41) is 21.6. The van der Waals surface area contributed by atoms with E-state index >= 15 is 0 Å². The predicted octanol–water partition coefficient (Wildman–Crippen LogP) is 3.52. The summed E-state index contributed by atoms with van der Waals surface area (Å²) >= 11 is 6.28. The number of hydrogen-bond donors (Lipinski definition) is 2. The lowest BCUT2D eigenvalue weighted by atomic mass is 9.95. The molecule has 1 atom stereocenters. The highest BCUT2D eigenvalue weighted by Crippen LogP contribution is 2.43. The highest BCUT2D eigenvalue weighted by molar-refractivity contribution is 6.47. The van der Waals surface area contributed by atoms with Crippen LogP contribution in [0.4, 0.5) is 0 Å². The topological polar surface area (TPSA) is 106 Å². The molecule has 1 saturated heterocycles. The van der Waals surface area contributed by atoms with Crippen LogP contribution < -0.4 is 9.47 Å². The zero-order valence-corrected chi connectivity index (χ0v) is 18.7. The molecule has 1 unspecified atom stereocenters. The third-order valence-electron chi connectivity index (χ3n) is 5.23. The minimum Gasteiger partial charge on any atom is -0.507 e. The van der Waals surface area contributed by atoms with Gasteiger partial charge in [0.1, 0.15) is 11.5 Å². The summed E-state index contributed by atoms with van der Waals surface area (Å²) in [5.41, 5.74) is 0.455. The van der Waals surface area contributed by atoms with Crippen molar-refractivity contribution in [2.45, 2.75) is 12.5 Å². The number of aliphatic hydroxyl groups excluding tert-OH is 1. The smallest absolute Gasteiger partial charge is 0.295 e. The van der Waals surface area contributed by atoms with E-state index in [4.69, 9.17) is 25.8 Å². The number of hydrogen-bond acceptors (Lipinski definition) is 7. The van der Waals surface area contributed by atoms with E-state index in [1.54, 1.807) is 12.1 Å². The molecule has 3 rings (SSSR count). The van der Waals surface area contributed by atoms with Crippen molar-refractivity contribution in [1.82, 2.24) is 4.90 Å². The molecule has 0 saturated carbocycles. The van der Waals surface area contributed by atoms with Crippen LogP contribution >= 0.6 is 11.6 Å². The minimum atomic E-state index is -0.939. The maximum absolute atomic E-state index is 13.0. The maximum Gasteiger partial charge on any atom is 0.295 e. The predicted molar refractivity (Wildman–Crippen MR) is 118 cm³/mol. The summed E-state index contributed by atoms with van der Waals surface area (Å²) in [4.78, 5) is 27.3. The van der Waals surface area contributed by atoms with E-state index < -0.39 is 23.5 Å². The number of Topliss-reactive ketones (excluding diaryl/α,β-unsaturated/α-hetero) is 1. The van der Waals surface area contributed by atoms with Crippen LogP contribution in [-0.2, 0) is 14.3 Å². The molecule has 0 radical (unpaired) electrons. The number of nitrogens with zero attached hydrogens (tertiary/aromatic N) is 1. The van der Waals surface area contributed by atoms with E-state index in [-0.39, 0.29) is 34.2 Å². The largest absolute Gasteiger partial charge is 0.507 e. The van der Waals surface area contributed by atoms with Gasteiger partial charge in [0.2, 0.25) is 0 Å². The summed E-state index contributed by atoms with van der Waals surface area (Å²) in [6.07, 6.45) is 0.474. The fourth-order valence-electron chi connectivity index (χ4n) is 3.67. The van der Waals surface area contributed by atoms with Crippen LogP contribution in [0.1, 0.15) is 23.6 Å². The average molecular weight is 462 g/mol. The fourth-order valence-corrected chi connectivity index (χ4v) is 3.88. The standard InChI is InChI=1S/C23H24ClNO7/c1-30-10-4-9-25-20(13-5-8-18(32-3)17(26)11-13)19(22(28)23(25)29)21(27)15-12-14(31-2)6-7-16(15)24/h5-8,11-12,20,26-27H,4,9-10H2,1-3H3/b21-19+. The second-order valence-corrected chi connectivity index (χ2v) is 7.52. The van der Waals surface area contributed by atoms with Crippen molar-refractivity contribution in [3.05, 3.63) is 58.1 Å². The molecule has 32 heavy (non-hydrogen) atoms. The second-order valence-electron chi connectivity index (χ2n) is 7.12. The number of aliphatic hydroxyl groups is 1. The number of phenolic OH excluding ortho intramolecular Hbond substituents is 1. The van der Waals surface area contributed by atoms with Gasteiger partial charge in [-0.1, -0.05) is 17.7 Å². The van der Waals surface area contributed by atoms with Crippen LogP contribution in [-0.4, -0.2) is 61.3 Å². The second kappa shape index (κ2) is 9.93. The molecule has 1 fully saturated rings. The number of ketones is 1. The van der Waals surface area contributed by atoms with Gasteiger partial charge in [-0.05, 0) is 42.3 Å². The number of methoxy groups -OCH3 is 3. The number of rotatable bonds is 8. The number of halogens is 1. The third kappa shape index (κ3) is 4.37. The van der Waals surface area contributed by atoms with Gasteiger partial charge in [-0.2, -0.15) is 0 Å². The maximum atomic E-state index is 13.0. The highest BCUT2D eigenvalue weighted by atomic mass is 35.5. The SMILES string of the molecule is COCCCN1C(=O)C(=O)/C(=C(/O)c2cc(OC)ccc2Cl)C1c1ccc(OC)c(O)c1. The molecule has 0 aromatic heterocycles. The van der Waals surface area contributed by atoms with Crippen molar-refractivity contribution < 1.29 is 34.0 Å². The molecule has 8 nitrogen and oxygen atoms in total. The fraction of sp³-hybridized carbons (Fsp3) is 0.304. The molecule has 0 bridgehead atoms. The first-order chi connectivity index (χ1) is 15.3. The van der Waals surface area contributed by atoms with E-state index in [2.05, 4.69) is 0 Å². The number of aromatic hydroxyl groups is 1. The molecule has 1 amide bonds. The first-order valence-corrected chi connectivity index (χ1v) is 10.2. The monoisotopic (exact) mass is 461 g/mol. The van der Waals surface area contributed by atoms with Gasteiger partial charge in [0, 0.05) is 25.8 Å². The van der Waals surface area contributed by atoms with Crippen LogP contribution in [0.5, 0.6) is 17.2 Å². The van der Waals surface area contributed by atoms with Crippen LogP contribution in [0.2, 0.25) is 5.02 Å². The number of benzene rings is 2. The van der Waals surface area contributed by atoms with Crippen LogP contribution in [0, 0.1) is 0 Å². The van der Waals surface area contributed by atoms with Crippen molar-refractivity contribution in [1.29, 1.82) is 0 Å². The molecular formula is C23H24ClNO7. The molecule has 170 valence electrons. The van der Waals surface area contributed by atoms with E-state index in [1.807, 2.05) is 0 Å². The van der Waals surface area contributed by atoms with Crippen LogP contribution in [0.3, 0.4) is 0 Å². The zero-order chi connectivity index (χ0) is 23.4. The Hall–Kier alpha value is -3.23. The first kappa shape index (κ1) is 23.4. The van der Waals surface area contributed by atoms with Gasteiger partial charge in [0.05, 0.1) is 30.9 Å². The Balaban J connectivity index is 2.19. The summed E-state index contributed by atoms with van der Waals surface area (Å²) < 4.78 is 15.4. The van der Waals surface area contributed by atoms with Crippen molar-refractivity contribution in [3.8, 4) is 17.2 Å².